The van der Waals surface area contributed by atoms with Gasteiger partial charge in [0.15, 0.2) is 5.78 Å². The van der Waals surface area contributed by atoms with Gasteiger partial charge in [0.05, 0.1) is 31.4 Å². The Hall–Kier alpha value is -3.62. The predicted octanol–water partition coefficient (Wildman–Crippen LogP) is 6.18. The second kappa shape index (κ2) is 9.68. The maximum Gasteiger partial charge on any atom is 0.418 e. The van der Waals surface area contributed by atoms with Crippen LogP contribution in [0.3, 0.4) is 0 Å². The fraction of sp³-hybridized carbons (Fsp3) is 0.393. The summed E-state index contributed by atoms with van der Waals surface area (Å²) in [4.78, 5) is 31.9. The molecule has 2 atom stereocenters. The van der Waals surface area contributed by atoms with Crippen molar-refractivity contribution in [2.45, 2.75) is 45.7 Å². The summed E-state index contributed by atoms with van der Waals surface area (Å²) in [5, 5.41) is 2.46. The van der Waals surface area contributed by atoms with E-state index in [9.17, 15) is 22.8 Å². The molecule has 1 unspecified atom stereocenters. The number of hydrogen-bond donors (Lipinski definition) is 1. The van der Waals surface area contributed by atoms with Crippen molar-refractivity contribution in [2.75, 3.05) is 19.5 Å². The molecule has 9 heteroatoms. The van der Waals surface area contributed by atoms with Crippen LogP contribution in [-0.4, -0.2) is 31.6 Å². The van der Waals surface area contributed by atoms with Crippen LogP contribution in [0.4, 0.5) is 18.9 Å². The number of amides is 1. The molecular weight excluding hydrogens is 485 g/mol. The van der Waals surface area contributed by atoms with Crippen molar-refractivity contribution in [1.29, 1.82) is 0 Å². The Morgan fingerprint density at radius 2 is 1.78 bits per heavy atom. The molecule has 37 heavy (non-hydrogen) atoms. The second-order valence-electron chi connectivity index (χ2n) is 10.2. The normalized spacial score (nSPS) is 21.2. The number of carbonyl (C=O) groups excluding carboxylic acids is 2. The van der Waals surface area contributed by atoms with Crippen LogP contribution in [0.25, 0.3) is 0 Å². The van der Waals surface area contributed by atoms with Gasteiger partial charge in [0, 0.05) is 34.9 Å². The number of halogens is 3. The number of Topliss-reactive ketones (excluding diaryl/α,β-unsaturated/α-hetero) is 1. The molecule has 2 aromatic rings. The minimum absolute atomic E-state index is 0.147. The van der Waals surface area contributed by atoms with Crippen LogP contribution in [0, 0.1) is 11.3 Å². The topological polar surface area (TPSA) is 77.0 Å². The first-order valence-electron chi connectivity index (χ1n) is 11.9. The molecule has 0 fully saturated rings. The number of allylic oxidation sites excluding steroid dienone is 2. The Kier molecular flexibility index (Phi) is 6.92. The fourth-order valence-electron chi connectivity index (χ4n) is 5.25. The highest BCUT2D eigenvalue weighted by Gasteiger charge is 2.47. The van der Waals surface area contributed by atoms with Crippen molar-refractivity contribution in [3.63, 3.8) is 0 Å². The molecule has 0 saturated carbocycles. The van der Waals surface area contributed by atoms with Gasteiger partial charge in [0.1, 0.15) is 11.5 Å². The minimum Gasteiger partial charge on any atom is -0.497 e. The molecule has 0 aromatic heterocycles. The number of nitrogens with zero attached hydrogens (tertiary/aromatic N) is 1. The van der Waals surface area contributed by atoms with Crippen LogP contribution in [0.15, 0.2) is 58.7 Å². The third-order valence-electron chi connectivity index (χ3n) is 6.85. The monoisotopic (exact) mass is 514 g/mol. The van der Waals surface area contributed by atoms with Crippen molar-refractivity contribution in [2.24, 2.45) is 16.3 Å². The number of ether oxygens (including phenoxy) is 2. The first-order valence-corrected chi connectivity index (χ1v) is 11.9. The third-order valence-corrected chi connectivity index (χ3v) is 6.85. The largest absolute Gasteiger partial charge is 0.497 e. The Morgan fingerprint density at radius 1 is 1.08 bits per heavy atom. The van der Waals surface area contributed by atoms with E-state index in [-0.39, 0.29) is 23.3 Å². The maximum atomic E-state index is 13.7. The van der Waals surface area contributed by atoms with E-state index in [1.165, 1.54) is 32.4 Å². The third kappa shape index (κ3) is 5.12. The van der Waals surface area contributed by atoms with Crippen LogP contribution < -0.4 is 14.8 Å². The van der Waals surface area contributed by atoms with E-state index in [1.54, 1.807) is 25.1 Å². The van der Waals surface area contributed by atoms with Gasteiger partial charge in [-0.15, -0.1) is 0 Å². The Labute approximate surface area is 213 Å². The number of benzene rings is 2. The molecule has 1 amide bonds. The molecule has 0 bridgehead atoms. The Bertz CT molecular complexity index is 1310. The van der Waals surface area contributed by atoms with E-state index in [1.807, 2.05) is 13.8 Å². The number of hydrogen-bond acceptors (Lipinski definition) is 5. The summed E-state index contributed by atoms with van der Waals surface area (Å²) in [6, 6.07) is 9.87. The molecule has 0 radical (unpaired) electrons. The summed E-state index contributed by atoms with van der Waals surface area (Å²) in [5.41, 5.74) is 0.277. The predicted molar refractivity (Wildman–Crippen MR) is 134 cm³/mol. The number of para-hydroxylation sites is 1. The Morgan fingerprint density at radius 3 is 2.43 bits per heavy atom. The summed E-state index contributed by atoms with van der Waals surface area (Å²) in [5.74, 6) is -1.80. The molecule has 6 nitrogen and oxygen atoms in total. The van der Waals surface area contributed by atoms with Gasteiger partial charge in [0.2, 0.25) is 5.91 Å². The lowest BCUT2D eigenvalue weighted by Gasteiger charge is -2.39. The van der Waals surface area contributed by atoms with Crippen LogP contribution in [0.1, 0.15) is 50.7 Å². The molecule has 2 aliphatic rings. The first-order chi connectivity index (χ1) is 17.4. The Balaban J connectivity index is 1.88. The number of nitrogens with one attached hydrogen (secondary N) is 1. The summed E-state index contributed by atoms with van der Waals surface area (Å²) >= 11 is 0. The zero-order valence-corrected chi connectivity index (χ0v) is 21.3. The van der Waals surface area contributed by atoms with Crippen molar-refractivity contribution in [3.05, 3.63) is 64.9 Å². The van der Waals surface area contributed by atoms with Crippen LogP contribution in [0.2, 0.25) is 0 Å². The van der Waals surface area contributed by atoms with E-state index in [0.717, 1.165) is 6.07 Å². The first kappa shape index (κ1) is 26.4. The number of methoxy groups -OCH3 is 2. The average molecular weight is 515 g/mol. The van der Waals surface area contributed by atoms with Gasteiger partial charge in [-0.2, -0.15) is 13.2 Å². The number of ketones is 1. The van der Waals surface area contributed by atoms with Crippen LogP contribution >= 0.6 is 0 Å². The highest BCUT2D eigenvalue weighted by atomic mass is 19.4. The minimum atomic E-state index is -4.66. The van der Waals surface area contributed by atoms with E-state index in [0.29, 0.717) is 40.5 Å². The molecule has 1 aliphatic heterocycles. The molecule has 4 rings (SSSR count). The van der Waals surface area contributed by atoms with Gasteiger partial charge >= 0.3 is 6.18 Å². The standard InChI is InChI=1S/C28H29F3N2O4/c1-15-23(26(35)33-19-9-7-6-8-18(19)28(29,30)31)24(17-12-16(36-4)10-11-22(17)37-5)25-20(32-15)13-27(2,3)14-21(25)34/h6-12,23-24H,13-14H2,1-5H3,(H,33,35)/t23?,24-/m1/s1. The molecule has 0 spiro atoms. The molecule has 2 aromatic carbocycles. The molecule has 196 valence electrons. The number of aliphatic imine (C=N–C) groups is 1. The molecular formula is C28H29F3N2O4. The van der Waals surface area contributed by atoms with E-state index in [4.69, 9.17) is 9.47 Å². The van der Waals surface area contributed by atoms with Gasteiger partial charge < -0.3 is 14.8 Å². The summed E-state index contributed by atoms with van der Waals surface area (Å²) in [6.07, 6.45) is -3.87. The van der Waals surface area contributed by atoms with Crippen molar-refractivity contribution in [1.82, 2.24) is 0 Å². The lowest BCUT2D eigenvalue weighted by molar-refractivity contribution is -0.137. The van der Waals surface area contributed by atoms with Crippen molar-refractivity contribution < 1.29 is 32.2 Å². The molecule has 1 N–H and O–H groups in total. The van der Waals surface area contributed by atoms with Gasteiger partial charge in [-0.1, -0.05) is 26.0 Å². The lowest BCUT2D eigenvalue weighted by Crippen LogP contribution is -2.41. The number of rotatable bonds is 5. The van der Waals surface area contributed by atoms with Crippen LogP contribution in [0.5, 0.6) is 11.5 Å². The summed E-state index contributed by atoms with van der Waals surface area (Å²) in [7, 11) is 2.97. The van der Waals surface area contributed by atoms with Crippen LogP contribution in [-0.2, 0) is 15.8 Å². The number of carbonyl (C=O) groups is 2. The summed E-state index contributed by atoms with van der Waals surface area (Å²) in [6.45, 7) is 5.62. The van der Waals surface area contributed by atoms with Gasteiger partial charge in [0.25, 0.3) is 0 Å². The second-order valence-corrected chi connectivity index (χ2v) is 10.2. The maximum absolute atomic E-state index is 13.7. The van der Waals surface area contributed by atoms with Crippen molar-refractivity contribution >= 4 is 23.1 Å². The van der Waals surface area contributed by atoms with E-state index in [2.05, 4.69) is 10.3 Å². The quantitative estimate of drug-likeness (QED) is 0.517. The highest BCUT2D eigenvalue weighted by Crippen LogP contribution is 2.50. The van der Waals surface area contributed by atoms with Crippen molar-refractivity contribution in [3.8, 4) is 11.5 Å². The average Bonchev–Trinajstić information content (AvgIpc) is 2.81. The highest BCUT2D eigenvalue weighted by molar-refractivity contribution is 6.13. The molecule has 1 aliphatic carbocycles. The SMILES string of the molecule is COc1ccc(OC)c([C@H]2C3=C(CC(C)(C)CC3=O)N=C(C)C2C(=O)Nc2ccccc2C(F)(F)F)c1. The smallest absolute Gasteiger partial charge is 0.418 e. The zero-order chi connectivity index (χ0) is 27.1. The zero-order valence-electron chi connectivity index (χ0n) is 21.3. The van der Waals surface area contributed by atoms with E-state index < -0.39 is 29.5 Å². The molecule has 0 saturated heterocycles. The van der Waals surface area contributed by atoms with Gasteiger partial charge in [-0.25, -0.2) is 0 Å². The number of anilines is 1. The fourth-order valence-corrected chi connectivity index (χ4v) is 5.25. The van der Waals surface area contributed by atoms with E-state index >= 15 is 0 Å². The van der Waals surface area contributed by atoms with Gasteiger partial charge in [-0.05, 0) is 49.1 Å². The number of alkyl halides is 3. The molecule has 1 heterocycles. The summed E-state index contributed by atoms with van der Waals surface area (Å²) < 4.78 is 51.9. The lowest BCUT2D eigenvalue weighted by atomic mass is 9.66. The van der Waals surface area contributed by atoms with Gasteiger partial charge in [-0.3, -0.25) is 14.6 Å².